The highest BCUT2D eigenvalue weighted by Crippen LogP contribution is 2.20. The molecule has 3 N–H and O–H groups in total. The molecule has 0 heterocycles. The Bertz CT molecular complexity index is 671. The summed E-state index contributed by atoms with van der Waals surface area (Å²) >= 11 is 0. The van der Waals surface area contributed by atoms with Gasteiger partial charge in [0.05, 0.1) is 0 Å². The normalized spacial score (nSPS) is 10.2. The lowest BCUT2D eigenvalue weighted by molar-refractivity contribution is 0.0963. The molecule has 0 unspecified atom stereocenters. The van der Waals surface area contributed by atoms with Crippen LogP contribution in [0.3, 0.4) is 0 Å². The lowest BCUT2D eigenvalue weighted by atomic mass is 10.1. The van der Waals surface area contributed by atoms with Crippen molar-refractivity contribution in [2.75, 3.05) is 12.4 Å². The number of hydrogen-bond acceptors (Lipinski definition) is 3. The van der Waals surface area contributed by atoms with Crippen LogP contribution in [0.1, 0.15) is 21.5 Å². The van der Waals surface area contributed by atoms with E-state index in [2.05, 4.69) is 10.6 Å². The fraction of sp³-hybridized carbons (Fsp3) is 0.188. The Labute approximate surface area is 122 Å². The van der Waals surface area contributed by atoms with Crippen molar-refractivity contribution in [2.45, 2.75) is 13.5 Å². The van der Waals surface area contributed by atoms with E-state index in [0.29, 0.717) is 17.7 Å². The highest BCUT2D eigenvalue weighted by molar-refractivity contribution is 5.95. The molecule has 21 heavy (non-hydrogen) atoms. The molecule has 0 aliphatic carbocycles. The maximum absolute atomic E-state index is 13.3. The van der Waals surface area contributed by atoms with Crippen LogP contribution in [0, 0.1) is 12.7 Å². The van der Waals surface area contributed by atoms with Crippen LogP contribution in [-0.4, -0.2) is 18.1 Å². The molecule has 2 aromatic rings. The van der Waals surface area contributed by atoms with Gasteiger partial charge >= 0.3 is 0 Å². The van der Waals surface area contributed by atoms with Crippen LogP contribution >= 0.6 is 0 Å². The molecule has 0 saturated carbocycles. The van der Waals surface area contributed by atoms with Crippen molar-refractivity contribution in [2.24, 2.45) is 0 Å². The summed E-state index contributed by atoms with van der Waals surface area (Å²) in [6.45, 7) is 2.32. The van der Waals surface area contributed by atoms with E-state index in [-0.39, 0.29) is 11.7 Å². The molecule has 2 rings (SSSR count). The molecular formula is C16H17FN2O2. The van der Waals surface area contributed by atoms with Gasteiger partial charge in [-0.3, -0.25) is 4.79 Å². The van der Waals surface area contributed by atoms with Crippen molar-refractivity contribution in [1.82, 2.24) is 5.32 Å². The number of aryl methyl sites for hydroxylation is 1. The Morgan fingerprint density at radius 1 is 1.24 bits per heavy atom. The minimum absolute atomic E-state index is 0.159. The zero-order chi connectivity index (χ0) is 15.4. The van der Waals surface area contributed by atoms with Crippen LogP contribution in [-0.2, 0) is 6.54 Å². The van der Waals surface area contributed by atoms with E-state index >= 15 is 0 Å². The molecule has 0 aliphatic rings. The Morgan fingerprint density at radius 3 is 2.67 bits per heavy atom. The number of amides is 1. The second kappa shape index (κ2) is 6.26. The highest BCUT2D eigenvalue weighted by atomic mass is 19.1. The van der Waals surface area contributed by atoms with Gasteiger partial charge in [-0.05, 0) is 42.3 Å². The third-order valence-corrected chi connectivity index (χ3v) is 3.22. The summed E-state index contributed by atoms with van der Waals surface area (Å²) in [5.41, 5.74) is 3.06. The average molecular weight is 288 g/mol. The third-order valence-electron chi connectivity index (χ3n) is 3.22. The Morgan fingerprint density at radius 2 is 2.00 bits per heavy atom. The number of anilines is 1. The number of aromatic hydroxyl groups is 1. The maximum atomic E-state index is 13.3. The molecule has 0 saturated heterocycles. The van der Waals surface area contributed by atoms with Gasteiger partial charge in [0.1, 0.15) is 0 Å². The van der Waals surface area contributed by atoms with Crippen molar-refractivity contribution in [3.8, 4) is 5.75 Å². The van der Waals surface area contributed by atoms with Crippen molar-refractivity contribution >= 4 is 11.6 Å². The van der Waals surface area contributed by atoms with Gasteiger partial charge < -0.3 is 15.7 Å². The Balaban J connectivity index is 2.15. The van der Waals surface area contributed by atoms with Gasteiger partial charge in [0.15, 0.2) is 11.6 Å². The van der Waals surface area contributed by atoms with Gasteiger partial charge in [-0.25, -0.2) is 4.39 Å². The average Bonchev–Trinajstić information content (AvgIpc) is 2.49. The first-order valence-corrected chi connectivity index (χ1v) is 6.55. The standard InChI is InChI=1S/C16H17FN2O2/c1-10-3-5-12(16(21)18-2)8-14(10)19-9-11-4-6-15(20)13(17)7-11/h3-8,19-20H,9H2,1-2H3,(H,18,21). The molecule has 4 nitrogen and oxygen atoms in total. The zero-order valence-corrected chi connectivity index (χ0v) is 11.9. The first-order chi connectivity index (χ1) is 10.0. The van der Waals surface area contributed by atoms with E-state index in [0.717, 1.165) is 11.3 Å². The molecule has 0 aromatic heterocycles. The number of phenolic OH excluding ortho intramolecular Hbond substituents is 1. The van der Waals surface area contributed by atoms with Gasteiger partial charge in [-0.1, -0.05) is 12.1 Å². The number of hydrogen-bond donors (Lipinski definition) is 3. The van der Waals surface area contributed by atoms with Gasteiger partial charge in [0.25, 0.3) is 5.91 Å². The monoisotopic (exact) mass is 288 g/mol. The van der Waals surface area contributed by atoms with Gasteiger partial charge in [0, 0.05) is 24.8 Å². The van der Waals surface area contributed by atoms with Crippen molar-refractivity contribution in [3.63, 3.8) is 0 Å². The van der Waals surface area contributed by atoms with Crippen LogP contribution < -0.4 is 10.6 Å². The maximum Gasteiger partial charge on any atom is 0.251 e. The molecule has 2 aromatic carbocycles. The molecule has 0 atom stereocenters. The number of nitrogens with one attached hydrogen (secondary N) is 2. The van der Waals surface area contributed by atoms with Crippen LogP contribution in [0.5, 0.6) is 5.75 Å². The Hall–Kier alpha value is -2.56. The van der Waals surface area contributed by atoms with Crippen LogP contribution in [0.25, 0.3) is 0 Å². The van der Waals surface area contributed by atoms with Crippen molar-refractivity contribution in [3.05, 3.63) is 58.9 Å². The molecule has 0 radical (unpaired) electrons. The van der Waals surface area contributed by atoms with Crippen LogP contribution in [0.15, 0.2) is 36.4 Å². The number of phenols is 1. The fourth-order valence-electron chi connectivity index (χ4n) is 1.96. The quantitative estimate of drug-likeness (QED) is 0.810. The summed E-state index contributed by atoms with van der Waals surface area (Å²) in [6.07, 6.45) is 0. The number of halogens is 1. The first kappa shape index (κ1) is 14.8. The van der Waals surface area contributed by atoms with E-state index in [9.17, 15) is 9.18 Å². The van der Waals surface area contributed by atoms with E-state index in [1.807, 2.05) is 13.0 Å². The predicted molar refractivity (Wildman–Crippen MR) is 80.0 cm³/mol. The topological polar surface area (TPSA) is 61.4 Å². The number of carbonyl (C=O) groups excluding carboxylic acids is 1. The highest BCUT2D eigenvalue weighted by Gasteiger charge is 2.07. The predicted octanol–water partition coefficient (Wildman–Crippen LogP) is 2.81. The summed E-state index contributed by atoms with van der Waals surface area (Å²) in [4.78, 5) is 11.6. The first-order valence-electron chi connectivity index (χ1n) is 6.55. The number of benzene rings is 2. The van der Waals surface area contributed by atoms with E-state index < -0.39 is 5.82 Å². The van der Waals surface area contributed by atoms with Crippen molar-refractivity contribution in [1.29, 1.82) is 0 Å². The van der Waals surface area contributed by atoms with Gasteiger partial charge in [-0.15, -0.1) is 0 Å². The second-order valence-electron chi connectivity index (χ2n) is 4.75. The Kier molecular flexibility index (Phi) is 4.42. The van der Waals surface area contributed by atoms with E-state index in [1.54, 1.807) is 25.2 Å². The fourth-order valence-corrected chi connectivity index (χ4v) is 1.96. The van der Waals surface area contributed by atoms with Gasteiger partial charge in [0.2, 0.25) is 0 Å². The summed E-state index contributed by atoms with van der Waals surface area (Å²) in [7, 11) is 1.58. The smallest absolute Gasteiger partial charge is 0.251 e. The summed E-state index contributed by atoms with van der Waals surface area (Å²) in [5.74, 6) is -1.17. The second-order valence-corrected chi connectivity index (χ2v) is 4.75. The van der Waals surface area contributed by atoms with E-state index in [4.69, 9.17) is 5.11 Å². The lowest BCUT2D eigenvalue weighted by Crippen LogP contribution is -2.18. The van der Waals surface area contributed by atoms with Crippen molar-refractivity contribution < 1.29 is 14.3 Å². The summed E-state index contributed by atoms with van der Waals surface area (Å²) in [5, 5.41) is 14.9. The molecular weight excluding hydrogens is 271 g/mol. The molecule has 0 bridgehead atoms. The molecule has 0 spiro atoms. The van der Waals surface area contributed by atoms with E-state index in [1.165, 1.54) is 12.1 Å². The molecule has 0 fully saturated rings. The van der Waals surface area contributed by atoms with Gasteiger partial charge in [-0.2, -0.15) is 0 Å². The molecule has 0 aliphatic heterocycles. The molecule has 1 amide bonds. The molecule has 110 valence electrons. The number of rotatable bonds is 4. The lowest BCUT2D eigenvalue weighted by Gasteiger charge is -2.11. The van der Waals surface area contributed by atoms with Crippen LogP contribution in [0.2, 0.25) is 0 Å². The minimum atomic E-state index is -0.648. The largest absolute Gasteiger partial charge is 0.505 e. The van der Waals surface area contributed by atoms with Crippen LogP contribution in [0.4, 0.5) is 10.1 Å². The minimum Gasteiger partial charge on any atom is -0.505 e. The SMILES string of the molecule is CNC(=O)c1ccc(C)c(NCc2ccc(O)c(F)c2)c1. The summed E-state index contributed by atoms with van der Waals surface area (Å²) in [6, 6.07) is 9.60. The zero-order valence-electron chi connectivity index (χ0n) is 11.9. The molecule has 5 heteroatoms. The third kappa shape index (κ3) is 3.51. The number of carbonyl (C=O) groups is 1. The summed E-state index contributed by atoms with van der Waals surface area (Å²) < 4.78 is 13.3.